The van der Waals surface area contributed by atoms with Crippen molar-refractivity contribution in [3.8, 4) is 0 Å². The number of aromatic nitrogens is 2. The van der Waals surface area contributed by atoms with E-state index in [4.69, 9.17) is 23.2 Å². The summed E-state index contributed by atoms with van der Waals surface area (Å²) < 4.78 is 95.8. The van der Waals surface area contributed by atoms with Gasteiger partial charge in [-0.3, -0.25) is 14.3 Å². The first-order chi connectivity index (χ1) is 19.4. The van der Waals surface area contributed by atoms with Crippen molar-refractivity contribution in [1.29, 1.82) is 0 Å². The van der Waals surface area contributed by atoms with Crippen molar-refractivity contribution >= 4 is 54.2 Å². The predicted octanol–water partition coefficient (Wildman–Crippen LogP) is 2.44. The average molecular weight is 673 g/mol. The molecule has 2 aromatic carbocycles. The summed E-state index contributed by atoms with van der Waals surface area (Å²) in [5.74, 6) is -0.281. The third kappa shape index (κ3) is 6.39. The van der Waals surface area contributed by atoms with E-state index in [0.717, 1.165) is 4.31 Å². The first kappa shape index (κ1) is 32.4. The Labute approximate surface area is 248 Å². The van der Waals surface area contributed by atoms with Crippen molar-refractivity contribution < 1.29 is 30.0 Å². The number of hydrogen-bond acceptors (Lipinski definition) is 7. The lowest BCUT2D eigenvalue weighted by Gasteiger charge is -2.40. The van der Waals surface area contributed by atoms with Crippen molar-refractivity contribution in [1.82, 2.24) is 23.5 Å². The smallest absolute Gasteiger partial charge is 0.305 e. The van der Waals surface area contributed by atoms with Crippen LogP contribution in [0.1, 0.15) is 23.6 Å². The van der Waals surface area contributed by atoms with Crippen LogP contribution in [0, 0.1) is 0 Å². The highest BCUT2D eigenvalue weighted by molar-refractivity contribution is 7.91. The van der Waals surface area contributed by atoms with Crippen molar-refractivity contribution in [3.05, 3.63) is 71.8 Å². The van der Waals surface area contributed by atoms with E-state index in [1.54, 1.807) is 0 Å². The molecule has 0 aliphatic carbocycles. The standard InChI is InChI=1S/C24H26Cl2F3N5O6S2/c1-4-41(37,38)19-6-5-14(25)7-13(19)9-34-22(35)16-8-18(24(27,28)29)17(20(26)21(16)30-23(34)36)12-33-10-15(11-33)31-42(39,40)32(2)3/h5-8,15,31H,4,9-12H2,1-3H3,(H,30,36). The quantitative estimate of drug-likeness (QED) is 0.356. The number of hydrogen-bond donors (Lipinski definition) is 2. The molecule has 18 heteroatoms. The Bertz CT molecular complexity index is 1890. The van der Waals surface area contributed by atoms with Crippen LogP contribution in [0.4, 0.5) is 13.2 Å². The Morgan fingerprint density at radius 2 is 1.71 bits per heavy atom. The second-order valence-electron chi connectivity index (χ2n) is 9.91. The summed E-state index contributed by atoms with van der Waals surface area (Å²) in [6, 6.07) is 3.88. The topological polar surface area (TPSA) is 142 Å². The van der Waals surface area contributed by atoms with Crippen LogP contribution in [0.5, 0.6) is 0 Å². The van der Waals surface area contributed by atoms with E-state index in [9.17, 15) is 39.6 Å². The third-order valence-electron chi connectivity index (χ3n) is 6.83. The Hall–Kier alpha value is -2.47. The van der Waals surface area contributed by atoms with Gasteiger partial charge in [-0.05, 0) is 35.4 Å². The maximum absolute atomic E-state index is 14.2. The molecule has 0 bridgehead atoms. The number of alkyl halides is 3. The fourth-order valence-electron chi connectivity index (χ4n) is 4.56. The van der Waals surface area contributed by atoms with E-state index in [1.807, 2.05) is 0 Å². The molecule has 1 saturated heterocycles. The van der Waals surface area contributed by atoms with Crippen LogP contribution in [0.25, 0.3) is 10.9 Å². The minimum Gasteiger partial charge on any atom is -0.305 e. The number of halogens is 5. The highest BCUT2D eigenvalue weighted by Crippen LogP contribution is 2.39. The van der Waals surface area contributed by atoms with Crippen LogP contribution in [-0.2, 0) is 39.3 Å². The molecule has 11 nitrogen and oxygen atoms in total. The molecule has 4 rings (SSSR count). The van der Waals surface area contributed by atoms with Gasteiger partial charge < -0.3 is 4.98 Å². The number of fused-ring (bicyclic) bond motifs is 1. The number of nitrogens with one attached hydrogen (secondary N) is 2. The Morgan fingerprint density at radius 1 is 1.07 bits per heavy atom. The van der Waals surface area contributed by atoms with Crippen LogP contribution in [-0.4, -0.2) is 74.6 Å². The summed E-state index contributed by atoms with van der Waals surface area (Å²) in [7, 11) is -4.88. The first-order valence-electron chi connectivity index (χ1n) is 12.3. The number of sulfone groups is 1. The monoisotopic (exact) mass is 671 g/mol. The van der Waals surface area contributed by atoms with Gasteiger partial charge in [0.05, 0.1) is 38.7 Å². The normalized spacial score (nSPS) is 15.5. The number of likely N-dealkylation sites (tertiary alicyclic amines) is 1. The van der Waals surface area contributed by atoms with Gasteiger partial charge >= 0.3 is 11.9 Å². The average Bonchev–Trinajstić information content (AvgIpc) is 2.85. The highest BCUT2D eigenvalue weighted by atomic mass is 35.5. The third-order valence-corrected chi connectivity index (χ3v) is 10.9. The summed E-state index contributed by atoms with van der Waals surface area (Å²) in [5, 5.41) is -0.895. The fourth-order valence-corrected chi connectivity index (χ4v) is 6.95. The Kier molecular flexibility index (Phi) is 8.93. The Morgan fingerprint density at radius 3 is 2.29 bits per heavy atom. The molecular weight excluding hydrogens is 646 g/mol. The molecule has 1 aliphatic rings. The fraction of sp³-hybridized carbons (Fsp3) is 0.417. The summed E-state index contributed by atoms with van der Waals surface area (Å²) in [6.07, 6.45) is -4.94. The number of rotatable bonds is 9. The summed E-state index contributed by atoms with van der Waals surface area (Å²) >= 11 is 12.4. The first-order valence-corrected chi connectivity index (χ1v) is 16.2. The van der Waals surface area contributed by atoms with Crippen LogP contribution in [0.3, 0.4) is 0 Å². The zero-order valence-electron chi connectivity index (χ0n) is 22.4. The van der Waals surface area contributed by atoms with E-state index in [-0.39, 0.29) is 46.4 Å². The molecule has 0 radical (unpaired) electrons. The number of nitrogens with zero attached hydrogens (tertiary/aromatic N) is 3. The molecule has 1 fully saturated rings. The molecule has 2 N–H and O–H groups in total. The number of benzene rings is 2. The van der Waals surface area contributed by atoms with E-state index < -0.39 is 71.6 Å². The molecule has 1 aromatic heterocycles. The largest absolute Gasteiger partial charge is 0.416 e. The minimum absolute atomic E-state index is 0.00675. The molecule has 1 aliphatic heterocycles. The minimum atomic E-state index is -4.94. The maximum atomic E-state index is 14.2. The van der Waals surface area contributed by atoms with Gasteiger partial charge in [0.25, 0.3) is 15.8 Å². The van der Waals surface area contributed by atoms with Crippen molar-refractivity contribution in [3.63, 3.8) is 0 Å². The van der Waals surface area contributed by atoms with Gasteiger partial charge in [-0.25, -0.2) is 13.2 Å². The lowest BCUT2D eigenvalue weighted by Crippen LogP contribution is -2.60. The van der Waals surface area contributed by atoms with E-state index in [2.05, 4.69) is 9.71 Å². The van der Waals surface area contributed by atoms with Crippen molar-refractivity contribution in [2.75, 3.05) is 32.9 Å². The lowest BCUT2D eigenvalue weighted by molar-refractivity contribution is -0.138. The number of aromatic amines is 1. The van der Waals surface area contributed by atoms with Crippen LogP contribution in [0.15, 0.2) is 38.8 Å². The predicted molar refractivity (Wildman–Crippen MR) is 152 cm³/mol. The van der Waals surface area contributed by atoms with E-state index in [1.165, 1.54) is 44.1 Å². The lowest BCUT2D eigenvalue weighted by atomic mass is 10.0. The van der Waals surface area contributed by atoms with Gasteiger partial charge in [-0.15, -0.1) is 0 Å². The van der Waals surface area contributed by atoms with Crippen molar-refractivity contribution in [2.24, 2.45) is 0 Å². The van der Waals surface area contributed by atoms with Gasteiger partial charge in [0.15, 0.2) is 9.84 Å². The van der Waals surface area contributed by atoms with Gasteiger partial charge in [-0.2, -0.15) is 30.6 Å². The van der Waals surface area contributed by atoms with Crippen LogP contribution >= 0.6 is 23.2 Å². The van der Waals surface area contributed by atoms with Gasteiger partial charge in [0.1, 0.15) is 0 Å². The molecule has 0 unspecified atom stereocenters. The maximum Gasteiger partial charge on any atom is 0.416 e. The van der Waals surface area contributed by atoms with Gasteiger partial charge in [0, 0.05) is 44.8 Å². The van der Waals surface area contributed by atoms with Crippen LogP contribution < -0.4 is 16.0 Å². The molecule has 42 heavy (non-hydrogen) atoms. The summed E-state index contributed by atoms with van der Waals surface area (Å²) in [6.45, 7) is 0.677. The summed E-state index contributed by atoms with van der Waals surface area (Å²) in [4.78, 5) is 30.1. The molecule has 230 valence electrons. The second-order valence-corrected chi connectivity index (χ2v) is 14.9. The molecule has 0 amide bonds. The molecule has 0 spiro atoms. The van der Waals surface area contributed by atoms with E-state index in [0.29, 0.717) is 10.6 Å². The molecule has 0 saturated carbocycles. The second kappa shape index (κ2) is 11.6. The van der Waals surface area contributed by atoms with Gasteiger partial charge in [0.2, 0.25) is 0 Å². The highest BCUT2D eigenvalue weighted by Gasteiger charge is 2.38. The zero-order valence-corrected chi connectivity index (χ0v) is 25.6. The number of H-pyrrole nitrogens is 1. The molecule has 3 aromatic rings. The zero-order chi connectivity index (χ0) is 31.4. The van der Waals surface area contributed by atoms with E-state index >= 15 is 0 Å². The SMILES string of the molecule is CCS(=O)(=O)c1ccc(Cl)cc1Cn1c(=O)[nH]c2c(Cl)c(CN3CC(NS(=O)(=O)N(C)C)C3)c(C(F)(F)F)cc2c1=O. The molecule has 2 heterocycles. The molecular formula is C24H26Cl2F3N5O6S2. The molecule has 0 atom stereocenters. The summed E-state index contributed by atoms with van der Waals surface area (Å²) in [5.41, 5.74) is -4.05. The Balaban J connectivity index is 1.76. The van der Waals surface area contributed by atoms with Crippen LogP contribution in [0.2, 0.25) is 10.0 Å². The van der Waals surface area contributed by atoms with Crippen molar-refractivity contribution in [2.45, 2.75) is 37.1 Å². The van der Waals surface area contributed by atoms with Gasteiger partial charge in [-0.1, -0.05) is 30.1 Å².